The van der Waals surface area contributed by atoms with Gasteiger partial charge in [0.2, 0.25) is 0 Å². The van der Waals surface area contributed by atoms with Gasteiger partial charge < -0.3 is 10.5 Å². The van der Waals surface area contributed by atoms with Crippen LogP contribution in [0.5, 0.6) is 0 Å². The van der Waals surface area contributed by atoms with Gasteiger partial charge in [0.25, 0.3) is 0 Å². The molecule has 2 unspecified atom stereocenters. The third-order valence-electron chi connectivity index (χ3n) is 3.05. The van der Waals surface area contributed by atoms with E-state index >= 15 is 0 Å². The second kappa shape index (κ2) is 6.69. The lowest BCUT2D eigenvalue weighted by Gasteiger charge is -2.35. The molecule has 0 aliphatic rings. The zero-order chi connectivity index (χ0) is 14.6. The Morgan fingerprint density at radius 1 is 1.37 bits per heavy atom. The molecule has 2 N–H and O–H groups in total. The molecule has 1 aromatic carbocycles. The normalized spacial score (nSPS) is 15.3. The molecule has 108 valence electrons. The van der Waals surface area contributed by atoms with Gasteiger partial charge in [0.1, 0.15) is 5.82 Å². The van der Waals surface area contributed by atoms with Crippen LogP contribution in [-0.2, 0) is 11.2 Å². The molecule has 2 nitrogen and oxygen atoms in total. The van der Waals surface area contributed by atoms with Crippen molar-refractivity contribution in [3.05, 3.63) is 34.6 Å². The number of hydrogen-bond acceptors (Lipinski definition) is 2. The maximum atomic E-state index is 13.7. The molecular weight excluding hydrogens is 265 g/mol. The van der Waals surface area contributed by atoms with E-state index in [0.717, 1.165) is 0 Å². The summed E-state index contributed by atoms with van der Waals surface area (Å²) in [6.07, 6.45) is 0.282. The van der Waals surface area contributed by atoms with E-state index in [2.05, 4.69) is 20.8 Å². The van der Waals surface area contributed by atoms with Gasteiger partial charge in [0.05, 0.1) is 6.10 Å². The first-order valence-corrected chi connectivity index (χ1v) is 6.94. The maximum Gasteiger partial charge on any atom is 0.126 e. The van der Waals surface area contributed by atoms with Crippen molar-refractivity contribution >= 4 is 11.6 Å². The first kappa shape index (κ1) is 16.4. The molecule has 19 heavy (non-hydrogen) atoms. The first-order chi connectivity index (χ1) is 8.75. The van der Waals surface area contributed by atoms with E-state index in [1.54, 1.807) is 6.07 Å². The van der Waals surface area contributed by atoms with E-state index in [1.807, 2.05) is 6.92 Å². The molecule has 0 aliphatic carbocycles. The predicted octanol–water partition coefficient (Wildman–Crippen LogP) is 3.80. The van der Waals surface area contributed by atoms with E-state index in [4.69, 9.17) is 22.1 Å². The fourth-order valence-electron chi connectivity index (χ4n) is 2.26. The number of benzene rings is 1. The number of ether oxygens (including phenoxy) is 1. The highest BCUT2D eigenvalue weighted by Gasteiger charge is 2.31. The SMILES string of the molecule is CCOC(C(N)Cc1cc(Cl)ccc1F)C(C)(C)C. The molecule has 0 saturated carbocycles. The molecule has 0 fully saturated rings. The van der Waals surface area contributed by atoms with Gasteiger partial charge in [0.15, 0.2) is 0 Å². The Kier molecular flexibility index (Phi) is 5.78. The lowest BCUT2D eigenvalue weighted by atomic mass is 9.82. The number of rotatable bonds is 5. The molecule has 0 aromatic heterocycles. The van der Waals surface area contributed by atoms with Crippen molar-refractivity contribution in [2.45, 2.75) is 46.3 Å². The Morgan fingerprint density at radius 2 is 2.00 bits per heavy atom. The van der Waals surface area contributed by atoms with Crippen LogP contribution in [0.1, 0.15) is 33.3 Å². The number of nitrogens with two attached hydrogens (primary N) is 1. The molecule has 0 spiro atoms. The minimum Gasteiger partial charge on any atom is -0.376 e. The van der Waals surface area contributed by atoms with Crippen LogP contribution in [0.15, 0.2) is 18.2 Å². The van der Waals surface area contributed by atoms with Crippen molar-refractivity contribution in [1.82, 2.24) is 0 Å². The Hall–Kier alpha value is -0.640. The summed E-state index contributed by atoms with van der Waals surface area (Å²) in [6, 6.07) is 4.27. The summed E-state index contributed by atoms with van der Waals surface area (Å²) in [4.78, 5) is 0. The third kappa shape index (κ3) is 4.75. The smallest absolute Gasteiger partial charge is 0.126 e. The van der Waals surface area contributed by atoms with Gasteiger partial charge in [-0.2, -0.15) is 0 Å². The second-order valence-electron chi connectivity index (χ2n) is 5.85. The monoisotopic (exact) mass is 287 g/mol. The molecular formula is C15H23ClFNO. The highest BCUT2D eigenvalue weighted by molar-refractivity contribution is 6.30. The maximum absolute atomic E-state index is 13.7. The van der Waals surface area contributed by atoms with Gasteiger partial charge in [-0.1, -0.05) is 32.4 Å². The van der Waals surface area contributed by atoms with Crippen molar-refractivity contribution < 1.29 is 9.13 Å². The predicted molar refractivity (Wildman–Crippen MR) is 78.0 cm³/mol. The van der Waals surface area contributed by atoms with Gasteiger partial charge in [-0.05, 0) is 42.5 Å². The molecule has 0 heterocycles. The molecule has 1 rings (SSSR count). The van der Waals surface area contributed by atoms with Crippen LogP contribution in [0.3, 0.4) is 0 Å². The Morgan fingerprint density at radius 3 is 2.53 bits per heavy atom. The quantitative estimate of drug-likeness (QED) is 0.894. The van der Waals surface area contributed by atoms with Gasteiger partial charge in [-0.25, -0.2) is 4.39 Å². The Balaban J connectivity index is 2.87. The summed E-state index contributed by atoms with van der Waals surface area (Å²) >= 11 is 5.89. The van der Waals surface area contributed by atoms with Crippen LogP contribution in [0, 0.1) is 11.2 Å². The second-order valence-corrected chi connectivity index (χ2v) is 6.28. The molecule has 0 bridgehead atoms. The summed E-state index contributed by atoms with van der Waals surface area (Å²) in [5, 5.41) is 0.521. The minimum atomic E-state index is -0.274. The van der Waals surface area contributed by atoms with Crippen LogP contribution in [0.25, 0.3) is 0 Å². The van der Waals surface area contributed by atoms with Gasteiger partial charge in [-0.3, -0.25) is 0 Å². The summed E-state index contributed by atoms with van der Waals surface area (Å²) in [5.74, 6) is -0.274. The Bertz CT molecular complexity index is 417. The topological polar surface area (TPSA) is 35.2 Å². The van der Waals surface area contributed by atoms with E-state index in [9.17, 15) is 4.39 Å². The van der Waals surface area contributed by atoms with Crippen LogP contribution in [0.4, 0.5) is 4.39 Å². The van der Waals surface area contributed by atoms with Crippen molar-refractivity contribution in [3.63, 3.8) is 0 Å². The summed E-state index contributed by atoms with van der Waals surface area (Å²) in [7, 11) is 0. The molecule has 2 atom stereocenters. The van der Waals surface area contributed by atoms with Crippen molar-refractivity contribution in [3.8, 4) is 0 Å². The molecule has 1 aromatic rings. The average Bonchev–Trinajstić information content (AvgIpc) is 2.29. The average molecular weight is 288 g/mol. The lowest BCUT2D eigenvalue weighted by Crippen LogP contribution is -2.46. The van der Waals surface area contributed by atoms with Gasteiger partial charge >= 0.3 is 0 Å². The lowest BCUT2D eigenvalue weighted by molar-refractivity contribution is -0.0275. The van der Waals surface area contributed by atoms with E-state index in [1.165, 1.54) is 12.1 Å². The van der Waals surface area contributed by atoms with E-state index in [0.29, 0.717) is 23.6 Å². The fourth-order valence-corrected chi connectivity index (χ4v) is 2.45. The zero-order valence-corrected chi connectivity index (χ0v) is 12.8. The standard InChI is InChI=1S/C15H23ClFNO/c1-5-19-14(15(2,3)4)13(18)9-10-8-11(16)6-7-12(10)17/h6-8,13-14H,5,9,18H2,1-4H3. The van der Waals surface area contributed by atoms with E-state index < -0.39 is 0 Å². The Labute approximate surface area is 120 Å². The minimum absolute atomic E-state index is 0.0928. The van der Waals surface area contributed by atoms with Gasteiger partial charge in [0, 0.05) is 17.7 Å². The largest absolute Gasteiger partial charge is 0.376 e. The highest BCUT2D eigenvalue weighted by atomic mass is 35.5. The number of halogens is 2. The first-order valence-electron chi connectivity index (χ1n) is 6.56. The van der Waals surface area contributed by atoms with Crippen LogP contribution < -0.4 is 5.73 Å². The van der Waals surface area contributed by atoms with Crippen molar-refractivity contribution in [2.75, 3.05) is 6.61 Å². The highest BCUT2D eigenvalue weighted by Crippen LogP contribution is 2.26. The van der Waals surface area contributed by atoms with Crippen molar-refractivity contribution in [2.24, 2.45) is 11.1 Å². The molecule has 0 aliphatic heterocycles. The molecule has 0 radical (unpaired) electrons. The third-order valence-corrected chi connectivity index (χ3v) is 3.29. The summed E-state index contributed by atoms with van der Waals surface area (Å²) in [6.45, 7) is 8.74. The van der Waals surface area contributed by atoms with E-state index in [-0.39, 0.29) is 23.4 Å². The summed E-state index contributed by atoms with van der Waals surface area (Å²) < 4.78 is 19.5. The molecule has 0 saturated heterocycles. The van der Waals surface area contributed by atoms with Gasteiger partial charge in [-0.15, -0.1) is 0 Å². The molecule has 0 amide bonds. The van der Waals surface area contributed by atoms with Crippen LogP contribution >= 0.6 is 11.6 Å². The molecule has 4 heteroatoms. The van der Waals surface area contributed by atoms with Crippen LogP contribution in [0.2, 0.25) is 5.02 Å². The van der Waals surface area contributed by atoms with Crippen LogP contribution in [-0.4, -0.2) is 18.8 Å². The van der Waals surface area contributed by atoms with Crippen molar-refractivity contribution in [1.29, 1.82) is 0 Å². The fraction of sp³-hybridized carbons (Fsp3) is 0.600. The summed E-state index contributed by atoms with van der Waals surface area (Å²) in [5.41, 5.74) is 6.65. The number of hydrogen-bond donors (Lipinski definition) is 1. The zero-order valence-electron chi connectivity index (χ0n) is 12.0.